The SMILES string of the molecule is Cc1cc(Nc2nccc(C(F)(F)F)n2)cc(-c2cnc([C@]3(O)CC[C@H](C#N)CC3)s2)c1. The molecule has 1 aromatic carbocycles. The highest BCUT2D eigenvalue weighted by Gasteiger charge is 2.37. The van der Waals surface area contributed by atoms with Crippen LogP contribution in [-0.2, 0) is 11.8 Å². The average Bonchev–Trinajstić information content (AvgIpc) is 3.25. The Morgan fingerprint density at radius 1 is 1.22 bits per heavy atom. The first-order chi connectivity index (χ1) is 15.2. The molecule has 3 aromatic rings. The number of aliphatic hydroxyl groups is 1. The summed E-state index contributed by atoms with van der Waals surface area (Å²) in [4.78, 5) is 12.7. The molecular weight excluding hydrogens is 439 g/mol. The summed E-state index contributed by atoms with van der Waals surface area (Å²) in [6.45, 7) is 1.88. The van der Waals surface area contributed by atoms with Crippen LogP contribution >= 0.6 is 11.3 Å². The van der Waals surface area contributed by atoms with Crippen LogP contribution in [0.1, 0.15) is 41.9 Å². The summed E-state index contributed by atoms with van der Waals surface area (Å²) in [7, 11) is 0. The number of halogens is 3. The van der Waals surface area contributed by atoms with Gasteiger partial charge in [0.15, 0.2) is 0 Å². The monoisotopic (exact) mass is 459 g/mol. The zero-order valence-corrected chi connectivity index (χ0v) is 18.0. The average molecular weight is 459 g/mol. The summed E-state index contributed by atoms with van der Waals surface area (Å²) in [6.07, 6.45) is 0.453. The van der Waals surface area contributed by atoms with Gasteiger partial charge in [-0.3, -0.25) is 0 Å². The molecule has 10 heteroatoms. The Morgan fingerprint density at radius 2 is 1.97 bits per heavy atom. The summed E-state index contributed by atoms with van der Waals surface area (Å²) in [5.41, 5.74) is 0.196. The van der Waals surface area contributed by atoms with E-state index in [1.807, 2.05) is 13.0 Å². The normalized spacial score (nSPS) is 21.2. The smallest absolute Gasteiger partial charge is 0.383 e. The van der Waals surface area contributed by atoms with Gasteiger partial charge in [0.05, 0.1) is 10.9 Å². The van der Waals surface area contributed by atoms with Crippen LogP contribution in [0.2, 0.25) is 0 Å². The Balaban J connectivity index is 1.57. The minimum atomic E-state index is -4.55. The van der Waals surface area contributed by atoms with Crippen LogP contribution in [0, 0.1) is 24.2 Å². The van der Waals surface area contributed by atoms with Crippen molar-refractivity contribution in [1.82, 2.24) is 15.0 Å². The third kappa shape index (κ3) is 4.74. The highest BCUT2D eigenvalue weighted by atomic mass is 32.1. The molecule has 1 aliphatic rings. The molecule has 166 valence electrons. The van der Waals surface area contributed by atoms with Crippen molar-refractivity contribution in [3.05, 3.63) is 52.9 Å². The molecule has 0 aliphatic heterocycles. The first-order valence-corrected chi connectivity index (χ1v) is 10.9. The van der Waals surface area contributed by atoms with Gasteiger partial charge in [0, 0.05) is 24.0 Å². The Kier molecular flexibility index (Phi) is 5.88. The number of thiazole rings is 1. The van der Waals surface area contributed by atoms with Gasteiger partial charge < -0.3 is 10.4 Å². The van der Waals surface area contributed by atoms with Crippen molar-refractivity contribution in [2.75, 3.05) is 5.32 Å². The number of rotatable bonds is 4. The van der Waals surface area contributed by atoms with E-state index in [0.29, 0.717) is 36.4 Å². The first-order valence-electron chi connectivity index (χ1n) is 10.0. The summed E-state index contributed by atoms with van der Waals surface area (Å²) in [5, 5.41) is 23.6. The number of anilines is 2. The van der Waals surface area contributed by atoms with Crippen LogP contribution in [0.3, 0.4) is 0 Å². The maximum atomic E-state index is 12.9. The maximum absolute atomic E-state index is 12.9. The molecular formula is C22H20F3N5OS. The molecule has 0 spiro atoms. The molecule has 2 N–H and O–H groups in total. The minimum absolute atomic E-state index is 0.0295. The third-order valence-corrected chi connectivity index (χ3v) is 6.70. The van der Waals surface area contributed by atoms with E-state index in [9.17, 15) is 18.3 Å². The van der Waals surface area contributed by atoms with E-state index in [1.165, 1.54) is 11.3 Å². The molecule has 0 unspecified atom stereocenters. The van der Waals surface area contributed by atoms with E-state index in [4.69, 9.17) is 5.26 Å². The number of aromatic nitrogens is 3. The molecule has 0 saturated heterocycles. The number of hydrogen-bond donors (Lipinski definition) is 2. The Bertz CT molecular complexity index is 1160. The Hall–Kier alpha value is -3.03. The highest BCUT2D eigenvalue weighted by molar-refractivity contribution is 7.15. The maximum Gasteiger partial charge on any atom is 0.433 e. The van der Waals surface area contributed by atoms with Crippen LogP contribution < -0.4 is 5.32 Å². The van der Waals surface area contributed by atoms with Crippen LogP contribution in [0.25, 0.3) is 10.4 Å². The number of nitriles is 1. The molecule has 1 saturated carbocycles. The van der Waals surface area contributed by atoms with Crippen LogP contribution in [0.5, 0.6) is 0 Å². The van der Waals surface area contributed by atoms with Crippen molar-refractivity contribution in [3.8, 4) is 16.5 Å². The Morgan fingerprint density at radius 3 is 2.66 bits per heavy atom. The molecule has 4 rings (SSSR count). The second-order valence-corrected chi connectivity index (χ2v) is 8.97. The fourth-order valence-corrected chi connectivity index (χ4v) is 4.81. The molecule has 0 bridgehead atoms. The lowest BCUT2D eigenvalue weighted by molar-refractivity contribution is -0.141. The molecule has 2 aromatic heterocycles. The van der Waals surface area contributed by atoms with Gasteiger partial charge in [0.25, 0.3) is 0 Å². The van der Waals surface area contributed by atoms with Crippen molar-refractivity contribution in [1.29, 1.82) is 5.26 Å². The van der Waals surface area contributed by atoms with Gasteiger partial charge in [0.1, 0.15) is 16.3 Å². The number of alkyl halides is 3. The minimum Gasteiger partial charge on any atom is -0.383 e. The van der Waals surface area contributed by atoms with Gasteiger partial charge in [-0.1, -0.05) is 6.07 Å². The number of hydrogen-bond acceptors (Lipinski definition) is 7. The standard InChI is InChI=1S/C22H20F3N5OS/c1-13-8-15(10-16(9-13)29-20-27-7-4-18(30-20)22(23,24)25)17-12-28-19(32-17)21(31)5-2-14(11-26)3-6-21/h4,7-10,12,14,31H,2-3,5-6H2,1H3,(H,27,29,30)/t14-,21-. The van der Waals surface area contributed by atoms with Gasteiger partial charge in [-0.25, -0.2) is 15.0 Å². The summed E-state index contributed by atoms with van der Waals surface area (Å²) in [6, 6.07) is 8.58. The quantitative estimate of drug-likeness (QED) is 0.530. The van der Waals surface area contributed by atoms with Gasteiger partial charge in [0.2, 0.25) is 5.95 Å². The molecule has 6 nitrogen and oxygen atoms in total. The van der Waals surface area contributed by atoms with E-state index in [-0.39, 0.29) is 11.9 Å². The van der Waals surface area contributed by atoms with E-state index in [2.05, 4.69) is 26.3 Å². The van der Waals surface area contributed by atoms with Crippen LogP contribution in [0.15, 0.2) is 36.7 Å². The van der Waals surface area contributed by atoms with Crippen molar-refractivity contribution in [2.24, 2.45) is 5.92 Å². The van der Waals surface area contributed by atoms with Crippen molar-refractivity contribution in [3.63, 3.8) is 0 Å². The highest BCUT2D eigenvalue weighted by Crippen LogP contribution is 2.42. The van der Waals surface area contributed by atoms with E-state index in [1.54, 1.807) is 18.3 Å². The predicted octanol–water partition coefficient (Wildman–Crippen LogP) is 5.57. The number of aryl methyl sites for hydroxylation is 1. The summed E-state index contributed by atoms with van der Waals surface area (Å²) >= 11 is 1.38. The molecule has 0 atom stereocenters. The number of benzene rings is 1. The fourth-order valence-electron chi connectivity index (χ4n) is 3.76. The zero-order chi connectivity index (χ0) is 22.9. The summed E-state index contributed by atoms with van der Waals surface area (Å²) in [5.74, 6) is -0.178. The second-order valence-electron chi connectivity index (χ2n) is 7.94. The molecule has 0 amide bonds. The first kappa shape index (κ1) is 22.2. The van der Waals surface area contributed by atoms with Crippen molar-refractivity contribution >= 4 is 23.0 Å². The third-order valence-electron chi connectivity index (χ3n) is 5.46. The van der Waals surface area contributed by atoms with Gasteiger partial charge in [-0.15, -0.1) is 11.3 Å². The fraction of sp³-hybridized carbons (Fsp3) is 0.364. The zero-order valence-electron chi connectivity index (χ0n) is 17.1. The lowest BCUT2D eigenvalue weighted by atomic mass is 9.80. The van der Waals surface area contributed by atoms with E-state index < -0.39 is 17.5 Å². The largest absolute Gasteiger partial charge is 0.433 e. The Labute approximate surface area is 186 Å². The van der Waals surface area contributed by atoms with Gasteiger partial charge >= 0.3 is 6.18 Å². The predicted molar refractivity (Wildman–Crippen MR) is 114 cm³/mol. The molecule has 32 heavy (non-hydrogen) atoms. The van der Waals surface area contributed by atoms with Crippen molar-refractivity contribution in [2.45, 2.75) is 44.4 Å². The number of nitrogens with zero attached hydrogens (tertiary/aromatic N) is 4. The van der Waals surface area contributed by atoms with Crippen LogP contribution in [-0.4, -0.2) is 20.1 Å². The molecule has 2 heterocycles. The van der Waals surface area contributed by atoms with Gasteiger partial charge in [-0.2, -0.15) is 18.4 Å². The lowest BCUT2D eigenvalue weighted by Crippen LogP contribution is -2.30. The summed E-state index contributed by atoms with van der Waals surface area (Å²) < 4.78 is 38.8. The molecule has 1 aliphatic carbocycles. The number of nitrogens with one attached hydrogen (secondary N) is 1. The topological polar surface area (TPSA) is 94.7 Å². The molecule has 0 radical (unpaired) electrons. The van der Waals surface area contributed by atoms with E-state index in [0.717, 1.165) is 28.3 Å². The van der Waals surface area contributed by atoms with Gasteiger partial charge in [-0.05, 0) is 61.9 Å². The molecule has 1 fully saturated rings. The van der Waals surface area contributed by atoms with E-state index >= 15 is 0 Å². The van der Waals surface area contributed by atoms with Crippen molar-refractivity contribution < 1.29 is 18.3 Å². The second kappa shape index (κ2) is 8.48. The lowest BCUT2D eigenvalue weighted by Gasteiger charge is -2.32. The van der Waals surface area contributed by atoms with Crippen LogP contribution in [0.4, 0.5) is 24.8 Å².